The van der Waals surface area contributed by atoms with Gasteiger partial charge in [0.05, 0.1) is 16.2 Å². The number of hydrogen-bond donors (Lipinski definition) is 1. The Kier molecular flexibility index (Phi) is 5.24. The fraction of sp³-hybridized carbons (Fsp3) is 0.318. The number of anilines is 1. The Labute approximate surface area is 161 Å². The van der Waals surface area contributed by atoms with Crippen molar-refractivity contribution in [3.63, 3.8) is 0 Å². The van der Waals surface area contributed by atoms with E-state index in [-0.39, 0.29) is 11.2 Å². The molecule has 5 heteroatoms. The lowest BCUT2D eigenvalue weighted by molar-refractivity contribution is 0.590. The van der Waals surface area contributed by atoms with Crippen molar-refractivity contribution in [2.24, 2.45) is 0 Å². The van der Waals surface area contributed by atoms with Crippen molar-refractivity contribution >= 4 is 26.6 Å². The van der Waals surface area contributed by atoms with Crippen molar-refractivity contribution < 1.29 is 8.42 Å². The first kappa shape index (κ1) is 19.4. The Morgan fingerprint density at radius 1 is 0.963 bits per heavy atom. The lowest BCUT2D eigenvalue weighted by atomic mass is 9.87. The Bertz CT molecular complexity index is 1050. The fourth-order valence-corrected chi connectivity index (χ4v) is 3.79. The van der Waals surface area contributed by atoms with Gasteiger partial charge in [-0.3, -0.25) is 0 Å². The monoisotopic (exact) mass is 382 g/mol. The molecule has 0 aliphatic carbocycles. The first-order chi connectivity index (χ1) is 12.7. The summed E-state index contributed by atoms with van der Waals surface area (Å²) in [6.07, 6.45) is 0. The molecule has 4 nitrogen and oxygen atoms in total. The molecule has 0 spiro atoms. The van der Waals surface area contributed by atoms with Gasteiger partial charge in [-0.05, 0) is 46.9 Å². The number of fused-ring (bicyclic) bond motifs is 1. The molecule has 0 aliphatic heterocycles. The van der Waals surface area contributed by atoms with E-state index < -0.39 is 9.84 Å². The molecule has 0 fully saturated rings. The van der Waals surface area contributed by atoms with Crippen molar-refractivity contribution in [3.8, 4) is 0 Å². The van der Waals surface area contributed by atoms with Gasteiger partial charge in [-0.1, -0.05) is 52.0 Å². The van der Waals surface area contributed by atoms with Crippen LogP contribution in [0.5, 0.6) is 0 Å². The minimum absolute atomic E-state index is 0.0968. The first-order valence-corrected chi connectivity index (χ1v) is 10.8. The number of rotatable bonds is 5. The van der Waals surface area contributed by atoms with Crippen LogP contribution in [-0.2, 0) is 21.8 Å². The zero-order valence-electron chi connectivity index (χ0n) is 16.3. The average molecular weight is 383 g/mol. The Hall–Kier alpha value is -2.40. The summed E-state index contributed by atoms with van der Waals surface area (Å²) in [6.45, 7) is 8.95. The van der Waals surface area contributed by atoms with E-state index in [0.717, 1.165) is 16.7 Å². The quantitative estimate of drug-likeness (QED) is 0.679. The molecule has 1 heterocycles. The van der Waals surface area contributed by atoms with E-state index in [1.54, 1.807) is 25.1 Å². The zero-order valence-corrected chi connectivity index (χ0v) is 17.1. The van der Waals surface area contributed by atoms with Crippen LogP contribution in [0.3, 0.4) is 0 Å². The second kappa shape index (κ2) is 7.31. The Balaban J connectivity index is 1.75. The van der Waals surface area contributed by atoms with E-state index in [2.05, 4.69) is 55.3 Å². The van der Waals surface area contributed by atoms with Gasteiger partial charge in [0.1, 0.15) is 5.82 Å². The molecular formula is C22H26N2O2S. The fourth-order valence-electron chi connectivity index (χ4n) is 2.88. The molecule has 3 aromatic rings. The summed E-state index contributed by atoms with van der Waals surface area (Å²) in [5.41, 5.74) is 3.43. The smallest absolute Gasteiger partial charge is 0.178 e. The summed E-state index contributed by atoms with van der Waals surface area (Å²) in [5, 5.41) is 4.16. The second-order valence-corrected chi connectivity index (χ2v) is 10.0. The van der Waals surface area contributed by atoms with Crippen LogP contribution in [0.2, 0.25) is 0 Å². The summed E-state index contributed by atoms with van der Waals surface area (Å²) in [6, 6.07) is 17.5. The van der Waals surface area contributed by atoms with Gasteiger partial charge in [0.2, 0.25) is 0 Å². The second-order valence-electron chi connectivity index (χ2n) is 7.75. The van der Waals surface area contributed by atoms with Crippen LogP contribution in [-0.4, -0.2) is 19.2 Å². The predicted octanol–water partition coefficient (Wildman–Crippen LogP) is 4.94. The third kappa shape index (κ3) is 4.48. The van der Waals surface area contributed by atoms with Crippen LogP contribution < -0.4 is 5.32 Å². The van der Waals surface area contributed by atoms with Gasteiger partial charge in [0, 0.05) is 11.9 Å². The van der Waals surface area contributed by atoms with Crippen LogP contribution >= 0.6 is 0 Å². The standard InChI is InChI=1S/C22H26N2O2S/c1-5-27(25,26)19-11-12-20-17(14-19)8-13-21(24-20)23-15-16-6-9-18(10-7-16)22(2,3)4/h6-14H,5,15H2,1-4H3,(H,23,24). The number of hydrogen-bond acceptors (Lipinski definition) is 4. The maximum atomic E-state index is 12.0. The molecular weight excluding hydrogens is 356 g/mol. The van der Waals surface area contributed by atoms with Gasteiger partial charge in [-0.25, -0.2) is 13.4 Å². The van der Waals surface area contributed by atoms with Gasteiger partial charge < -0.3 is 5.32 Å². The van der Waals surface area contributed by atoms with E-state index >= 15 is 0 Å². The molecule has 0 saturated heterocycles. The summed E-state index contributed by atoms with van der Waals surface area (Å²) in [4.78, 5) is 4.94. The Morgan fingerprint density at radius 2 is 1.67 bits per heavy atom. The van der Waals surface area contributed by atoms with E-state index in [0.29, 0.717) is 11.4 Å². The molecule has 2 aromatic carbocycles. The number of sulfone groups is 1. The summed E-state index contributed by atoms with van der Waals surface area (Å²) in [7, 11) is -3.20. The molecule has 0 unspecified atom stereocenters. The lowest BCUT2D eigenvalue weighted by Crippen LogP contribution is -2.11. The molecule has 0 radical (unpaired) electrons. The van der Waals surface area contributed by atoms with Crippen molar-refractivity contribution in [2.75, 3.05) is 11.1 Å². The normalized spacial score (nSPS) is 12.3. The van der Waals surface area contributed by atoms with Gasteiger partial charge in [0.25, 0.3) is 0 Å². The highest BCUT2D eigenvalue weighted by Crippen LogP contribution is 2.23. The van der Waals surface area contributed by atoms with Crippen LogP contribution in [0.4, 0.5) is 5.82 Å². The van der Waals surface area contributed by atoms with Gasteiger partial charge >= 0.3 is 0 Å². The maximum absolute atomic E-state index is 12.0. The number of aromatic nitrogens is 1. The average Bonchev–Trinajstić information content (AvgIpc) is 2.65. The van der Waals surface area contributed by atoms with Crippen LogP contribution in [0.1, 0.15) is 38.8 Å². The third-order valence-corrected chi connectivity index (χ3v) is 6.43. The van der Waals surface area contributed by atoms with Crippen molar-refractivity contribution in [3.05, 3.63) is 65.7 Å². The lowest BCUT2D eigenvalue weighted by Gasteiger charge is -2.19. The highest BCUT2D eigenvalue weighted by Gasteiger charge is 2.13. The van der Waals surface area contributed by atoms with E-state index in [4.69, 9.17) is 0 Å². The van der Waals surface area contributed by atoms with E-state index in [1.807, 2.05) is 12.1 Å². The Morgan fingerprint density at radius 3 is 2.30 bits per heavy atom. The topological polar surface area (TPSA) is 59.1 Å². The van der Waals surface area contributed by atoms with Crippen LogP contribution in [0.15, 0.2) is 59.5 Å². The summed E-state index contributed by atoms with van der Waals surface area (Å²) in [5.74, 6) is 0.869. The number of nitrogens with one attached hydrogen (secondary N) is 1. The minimum Gasteiger partial charge on any atom is -0.366 e. The molecule has 1 N–H and O–H groups in total. The van der Waals surface area contributed by atoms with Crippen molar-refractivity contribution in [2.45, 2.75) is 44.6 Å². The molecule has 0 bridgehead atoms. The third-order valence-electron chi connectivity index (χ3n) is 4.69. The number of pyridine rings is 1. The van der Waals surface area contributed by atoms with E-state index in [1.165, 1.54) is 11.1 Å². The van der Waals surface area contributed by atoms with Crippen LogP contribution in [0.25, 0.3) is 10.9 Å². The molecule has 142 valence electrons. The van der Waals surface area contributed by atoms with Gasteiger partial charge in [-0.2, -0.15) is 0 Å². The predicted molar refractivity (Wildman–Crippen MR) is 112 cm³/mol. The minimum atomic E-state index is -3.20. The molecule has 0 atom stereocenters. The molecule has 0 amide bonds. The summed E-state index contributed by atoms with van der Waals surface area (Å²) < 4.78 is 24.0. The number of nitrogens with zero attached hydrogens (tertiary/aromatic N) is 1. The molecule has 0 saturated carbocycles. The number of benzene rings is 2. The SMILES string of the molecule is CCS(=O)(=O)c1ccc2nc(NCc3ccc(C(C)(C)C)cc3)ccc2c1. The van der Waals surface area contributed by atoms with Crippen molar-refractivity contribution in [1.82, 2.24) is 4.98 Å². The molecule has 27 heavy (non-hydrogen) atoms. The molecule has 3 rings (SSSR count). The largest absolute Gasteiger partial charge is 0.366 e. The zero-order chi connectivity index (χ0) is 19.7. The van der Waals surface area contributed by atoms with Gasteiger partial charge in [0.15, 0.2) is 9.84 Å². The molecule has 1 aromatic heterocycles. The van der Waals surface area contributed by atoms with Crippen molar-refractivity contribution in [1.29, 1.82) is 0 Å². The summed E-state index contributed by atoms with van der Waals surface area (Å²) >= 11 is 0. The molecule has 0 aliphatic rings. The van der Waals surface area contributed by atoms with Gasteiger partial charge in [-0.15, -0.1) is 0 Å². The highest BCUT2D eigenvalue weighted by molar-refractivity contribution is 7.91. The maximum Gasteiger partial charge on any atom is 0.178 e. The first-order valence-electron chi connectivity index (χ1n) is 9.16. The highest BCUT2D eigenvalue weighted by atomic mass is 32.2. The van der Waals surface area contributed by atoms with Crippen LogP contribution in [0, 0.1) is 0 Å². The van der Waals surface area contributed by atoms with E-state index in [9.17, 15) is 8.42 Å².